The molecule has 112 valence electrons. The van der Waals surface area contributed by atoms with Gasteiger partial charge in [0.25, 0.3) is 0 Å². The molecule has 0 bridgehead atoms. The van der Waals surface area contributed by atoms with E-state index in [1.807, 2.05) is 12.1 Å². The average Bonchev–Trinajstić information content (AvgIpc) is 2.50. The first-order chi connectivity index (χ1) is 9.65. The van der Waals surface area contributed by atoms with Crippen LogP contribution in [-0.2, 0) is 6.54 Å². The summed E-state index contributed by atoms with van der Waals surface area (Å²) in [6.45, 7) is 8.59. The van der Waals surface area contributed by atoms with E-state index in [1.165, 1.54) is 12.8 Å². The Bertz CT molecular complexity index is 417. The maximum Gasteiger partial charge on any atom is 0.150 e. The number of benzene rings is 1. The van der Waals surface area contributed by atoms with Crippen LogP contribution in [0, 0.1) is 0 Å². The fraction of sp³-hybridized carbons (Fsp3) is 0.588. The third-order valence-corrected chi connectivity index (χ3v) is 3.83. The molecule has 20 heavy (non-hydrogen) atoms. The Labute approximate surface area is 122 Å². The molecule has 0 N–H and O–H groups in total. The number of rotatable bonds is 9. The highest BCUT2D eigenvalue weighted by Gasteiger charge is 2.15. The second-order valence-electron chi connectivity index (χ2n) is 5.27. The molecule has 3 nitrogen and oxygen atoms in total. The lowest BCUT2D eigenvalue weighted by Crippen LogP contribution is -2.33. The van der Waals surface area contributed by atoms with Gasteiger partial charge in [-0.3, -0.25) is 9.69 Å². The maximum absolute atomic E-state index is 11.0. The lowest BCUT2D eigenvalue weighted by Gasteiger charge is -2.29. The molecule has 0 aliphatic carbocycles. The van der Waals surface area contributed by atoms with Crippen molar-refractivity contribution >= 4 is 6.29 Å². The molecule has 0 saturated heterocycles. The van der Waals surface area contributed by atoms with E-state index in [0.29, 0.717) is 11.6 Å². The zero-order valence-corrected chi connectivity index (χ0v) is 13.2. The van der Waals surface area contributed by atoms with Crippen LogP contribution >= 0.6 is 0 Å². The summed E-state index contributed by atoms with van der Waals surface area (Å²) in [6, 6.07) is 6.15. The van der Waals surface area contributed by atoms with Gasteiger partial charge < -0.3 is 4.74 Å². The number of aldehydes is 1. The molecule has 1 rings (SSSR count). The third kappa shape index (κ3) is 4.64. The summed E-state index contributed by atoms with van der Waals surface area (Å²) in [6.07, 6.45) is 4.40. The van der Waals surface area contributed by atoms with Gasteiger partial charge in [-0.2, -0.15) is 0 Å². The van der Waals surface area contributed by atoms with Crippen molar-refractivity contribution in [3.05, 3.63) is 29.3 Å². The van der Waals surface area contributed by atoms with Crippen LogP contribution in [0.25, 0.3) is 0 Å². The van der Waals surface area contributed by atoms with Crippen LogP contribution in [0.3, 0.4) is 0 Å². The first-order valence-electron chi connectivity index (χ1n) is 7.52. The number of unbranched alkanes of at least 4 members (excludes halogenated alkanes) is 1. The quantitative estimate of drug-likeness (QED) is 0.641. The van der Waals surface area contributed by atoms with Crippen molar-refractivity contribution in [3.8, 4) is 5.75 Å². The Hall–Kier alpha value is -1.35. The van der Waals surface area contributed by atoms with Gasteiger partial charge in [0.2, 0.25) is 0 Å². The molecule has 3 heteroatoms. The standard InChI is InChI=1S/C17H27NO2/c1-5-7-10-18(14(3)6-2)12-16-11-15(13-19)8-9-17(16)20-4/h8-9,11,13-14H,5-7,10,12H2,1-4H3. The van der Waals surface area contributed by atoms with Gasteiger partial charge in [0.05, 0.1) is 7.11 Å². The lowest BCUT2D eigenvalue weighted by molar-refractivity contribution is 0.112. The van der Waals surface area contributed by atoms with Crippen LogP contribution in [-0.4, -0.2) is 30.9 Å². The van der Waals surface area contributed by atoms with Crippen molar-refractivity contribution in [1.82, 2.24) is 4.90 Å². The van der Waals surface area contributed by atoms with E-state index in [4.69, 9.17) is 4.74 Å². The van der Waals surface area contributed by atoms with Crippen LogP contribution in [0.2, 0.25) is 0 Å². The van der Waals surface area contributed by atoms with E-state index in [2.05, 4.69) is 25.7 Å². The number of hydrogen-bond donors (Lipinski definition) is 0. The first kappa shape index (κ1) is 16.7. The van der Waals surface area contributed by atoms with Crippen molar-refractivity contribution < 1.29 is 9.53 Å². The van der Waals surface area contributed by atoms with Gasteiger partial charge in [0.1, 0.15) is 12.0 Å². The molecular formula is C17H27NO2. The molecule has 0 aliphatic rings. The molecule has 1 unspecified atom stereocenters. The molecule has 1 aromatic carbocycles. The maximum atomic E-state index is 11.0. The van der Waals surface area contributed by atoms with E-state index in [9.17, 15) is 4.79 Å². The van der Waals surface area contributed by atoms with Crippen molar-refractivity contribution in [2.45, 2.75) is 52.6 Å². The molecule has 0 aliphatic heterocycles. The summed E-state index contributed by atoms with van der Waals surface area (Å²) < 4.78 is 5.42. The molecule has 0 saturated carbocycles. The third-order valence-electron chi connectivity index (χ3n) is 3.83. The van der Waals surface area contributed by atoms with Gasteiger partial charge in [-0.05, 0) is 44.5 Å². The molecule has 1 atom stereocenters. The summed E-state index contributed by atoms with van der Waals surface area (Å²) in [5.41, 5.74) is 1.80. The summed E-state index contributed by atoms with van der Waals surface area (Å²) in [7, 11) is 1.68. The van der Waals surface area contributed by atoms with E-state index < -0.39 is 0 Å². The minimum atomic E-state index is 0.533. The fourth-order valence-electron chi connectivity index (χ4n) is 2.29. The summed E-state index contributed by atoms with van der Waals surface area (Å²) >= 11 is 0. The summed E-state index contributed by atoms with van der Waals surface area (Å²) in [5.74, 6) is 0.861. The Morgan fingerprint density at radius 3 is 2.65 bits per heavy atom. The lowest BCUT2D eigenvalue weighted by atomic mass is 10.1. The highest BCUT2D eigenvalue weighted by atomic mass is 16.5. The van der Waals surface area contributed by atoms with E-state index in [-0.39, 0.29) is 0 Å². The number of methoxy groups -OCH3 is 1. The van der Waals surface area contributed by atoms with Gasteiger partial charge >= 0.3 is 0 Å². The van der Waals surface area contributed by atoms with Gasteiger partial charge in [-0.1, -0.05) is 20.3 Å². The summed E-state index contributed by atoms with van der Waals surface area (Å²) in [4.78, 5) is 13.4. The zero-order valence-electron chi connectivity index (χ0n) is 13.2. The van der Waals surface area contributed by atoms with E-state index >= 15 is 0 Å². The largest absolute Gasteiger partial charge is 0.496 e. The minimum Gasteiger partial charge on any atom is -0.496 e. The normalized spacial score (nSPS) is 12.4. The predicted octanol–water partition coefficient (Wildman–Crippen LogP) is 3.91. The minimum absolute atomic E-state index is 0.533. The van der Waals surface area contributed by atoms with Crippen molar-refractivity contribution in [3.63, 3.8) is 0 Å². The number of carbonyl (C=O) groups is 1. The predicted molar refractivity (Wildman–Crippen MR) is 83.5 cm³/mol. The van der Waals surface area contributed by atoms with Gasteiger partial charge in [-0.15, -0.1) is 0 Å². The number of nitrogens with zero attached hydrogens (tertiary/aromatic N) is 1. The van der Waals surface area contributed by atoms with Crippen LogP contribution in [0.5, 0.6) is 5.75 Å². The van der Waals surface area contributed by atoms with Crippen molar-refractivity contribution in [1.29, 1.82) is 0 Å². The molecule has 0 aromatic heterocycles. The van der Waals surface area contributed by atoms with Crippen LogP contribution in [0.15, 0.2) is 18.2 Å². The van der Waals surface area contributed by atoms with E-state index in [1.54, 1.807) is 13.2 Å². The Morgan fingerprint density at radius 1 is 1.35 bits per heavy atom. The molecular weight excluding hydrogens is 250 g/mol. The summed E-state index contributed by atoms with van der Waals surface area (Å²) in [5, 5.41) is 0. The number of hydrogen-bond acceptors (Lipinski definition) is 3. The molecule has 0 heterocycles. The second kappa shape index (κ2) is 8.75. The highest BCUT2D eigenvalue weighted by molar-refractivity contribution is 5.75. The molecule has 0 spiro atoms. The Balaban J connectivity index is 2.92. The van der Waals surface area contributed by atoms with Crippen LogP contribution < -0.4 is 4.74 Å². The molecule has 0 amide bonds. The van der Waals surface area contributed by atoms with Crippen molar-refractivity contribution in [2.24, 2.45) is 0 Å². The zero-order chi connectivity index (χ0) is 15.0. The fourth-order valence-corrected chi connectivity index (χ4v) is 2.29. The molecule has 0 fully saturated rings. The van der Waals surface area contributed by atoms with E-state index in [0.717, 1.165) is 37.1 Å². The first-order valence-corrected chi connectivity index (χ1v) is 7.52. The molecule has 1 aromatic rings. The number of ether oxygens (including phenoxy) is 1. The average molecular weight is 277 g/mol. The van der Waals surface area contributed by atoms with Gasteiger partial charge in [0.15, 0.2) is 0 Å². The SMILES string of the molecule is CCCCN(Cc1cc(C=O)ccc1OC)C(C)CC. The smallest absolute Gasteiger partial charge is 0.150 e. The van der Waals surface area contributed by atoms with Crippen LogP contribution in [0.1, 0.15) is 56.0 Å². The Morgan fingerprint density at radius 2 is 2.10 bits per heavy atom. The van der Waals surface area contributed by atoms with Gasteiger partial charge in [0, 0.05) is 23.7 Å². The van der Waals surface area contributed by atoms with Crippen LogP contribution in [0.4, 0.5) is 0 Å². The molecule has 0 radical (unpaired) electrons. The van der Waals surface area contributed by atoms with Crippen molar-refractivity contribution in [2.75, 3.05) is 13.7 Å². The second-order valence-corrected chi connectivity index (χ2v) is 5.27. The monoisotopic (exact) mass is 277 g/mol. The topological polar surface area (TPSA) is 29.5 Å². The highest BCUT2D eigenvalue weighted by Crippen LogP contribution is 2.22. The Kier molecular flexibility index (Phi) is 7.31. The number of carbonyl (C=O) groups excluding carboxylic acids is 1. The van der Waals surface area contributed by atoms with Gasteiger partial charge in [-0.25, -0.2) is 0 Å².